The zero-order chi connectivity index (χ0) is 20.6. The van der Waals surface area contributed by atoms with Gasteiger partial charge in [0, 0.05) is 13.1 Å². The predicted octanol–water partition coefficient (Wildman–Crippen LogP) is 5.76. The summed E-state index contributed by atoms with van der Waals surface area (Å²) in [5.74, 6) is 1.97. The van der Waals surface area contributed by atoms with E-state index in [2.05, 4.69) is 26.0 Å². The summed E-state index contributed by atoms with van der Waals surface area (Å²) in [4.78, 5) is 14.9. The van der Waals surface area contributed by atoms with E-state index in [4.69, 9.17) is 9.15 Å². The van der Waals surface area contributed by atoms with Gasteiger partial charge >= 0.3 is 0 Å². The second-order valence-electron chi connectivity index (χ2n) is 7.60. The third-order valence-electron chi connectivity index (χ3n) is 5.29. The molecule has 0 radical (unpaired) electrons. The van der Waals surface area contributed by atoms with Gasteiger partial charge in [0.1, 0.15) is 5.75 Å². The summed E-state index contributed by atoms with van der Waals surface area (Å²) in [6.07, 6.45) is 2.42. The van der Waals surface area contributed by atoms with Gasteiger partial charge in [-0.05, 0) is 53.6 Å². The van der Waals surface area contributed by atoms with Gasteiger partial charge in [0.2, 0.25) is 0 Å². The highest BCUT2D eigenvalue weighted by atomic mass is 16.5. The summed E-state index contributed by atoms with van der Waals surface area (Å²) in [6, 6.07) is 21.8. The summed E-state index contributed by atoms with van der Waals surface area (Å²) >= 11 is 0. The molecule has 29 heavy (non-hydrogen) atoms. The van der Waals surface area contributed by atoms with Gasteiger partial charge in [-0.2, -0.15) is 0 Å². The number of methoxy groups -OCH3 is 1. The Bertz CT molecular complexity index is 870. The molecular formula is C25H29NO3. The highest BCUT2D eigenvalue weighted by Crippen LogP contribution is 2.30. The molecule has 0 aliphatic rings. The Kier molecular flexibility index (Phi) is 7.12. The number of nitrogens with zero attached hydrogens (tertiary/aromatic N) is 1. The van der Waals surface area contributed by atoms with Crippen LogP contribution in [0, 0.1) is 5.92 Å². The van der Waals surface area contributed by atoms with Crippen molar-refractivity contribution in [3.8, 4) is 5.75 Å². The van der Waals surface area contributed by atoms with Crippen molar-refractivity contribution >= 4 is 5.91 Å². The quantitative estimate of drug-likeness (QED) is 0.466. The van der Waals surface area contributed by atoms with Crippen molar-refractivity contribution < 1.29 is 13.9 Å². The fraction of sp³-hybridized carbons (Fsp3) is 0.320. The number of rotatable bonds is 9. The maximum atomic E-state index is 13.0. The first-order valence-corrected chi connectivity index (χ1v) is 10.1. The van der Waals surface area contributed by atoms with Gasteiger partial charge in [0.25, 0.3) is 5.91 Å². The summed E-state index contributed by atoms with van der Waals surface area (Å²) in [5.41, 5.74) is 2.38. The SMILES string of the molecule is COc1ccc([C@@H](CCN(Cc2ccccc2)C(=O)c2ccco2)C(C)C)cc1. The smallest absolute Gasteiger partial charge is 0.289 e. The van der Waals surface area contributed by atoms with E-state index in [-0.39, 0.29) is 5.91 Å². The van der Waals surface area contributed by atoms with E-state index in [0.717, 1.165) is 17.7 Å². The normalized spacial score (nSPS) is 12.0. The van der Waals surface area contributed by atoms with Crippen molar-refractivity contribution in [3.63, 3.8) is 0 Å². The number of carbonyl (C=O) groups is 1. The summed E-state index contributed by atoms with van der Waals surface area (Å²) in [5, 5.41) is 0. The van der Waals surface area contributed by atoms with Crippen molar-refractivity contribution in [2.24, 2.45) is 5.92 Å². The lowest BCUT2D eigenvalue weighted by Crippen LogP contribution is -2.32. The van der Waals surface area contributed by atoms with Crippen LogP contribution in [0.2, 0.25) is 0 Å². The Morgan fingerprint density at radius 1 is 1.00 bits per heavy atom. The minimum Gasteiger partial charge on any atom is -0.497 e. The molecule has 4 heteroatoms. The fourth-order valence-corrected chi connectivity index (χ4v) is 3.64. The molecule has 2 aromatic carbocycles. The Morgan fingerprint density at radius 2 is 1.72 bits per heavy atom. The van der Waals surface area contributed by atoms with Gasteiger partial charge in [-0.25, -0.2) is 0 Å². The zero-order valence-corrected chi connectivity index (χ0v) is 17.4. The molecular weight excluding hydrogens is 362 g/mol. The number of furan rings is 1. The standard InChI is InChI=1S/C25H29NO3/c1-19(2)23(21-11-13-22(28-3)14-12-21)15-16-26(18-20-8-5-4-6-9-20)25(27)24-10-7-17-29-24/h4-14,17,19,23H,15-16,18H2,1-3H3/t23-/m0/s1. The number of ether oxygens (including phenoxy) is 1. The highest BCUT2D eigenvalue weighted by Gasteiger charge is 2.22. The van der Waals surface area contributed by atoms with Crippen molar-refractivity contribution in [2.75, 3.05) is 13.7 Å². The first-order valence-electron chi connectivity index (χ1n) is 10.1. The van der Waals surface area contributed by atoms with Crippen LogP contribution in [0.1, 0.15) is 47.9 Å². The van der Waals surface area contributed by atoms with E-state index < -0.39 is 0 Å². The largest absolute Gasteiger partial charge is 0.497 e. The monoisotopic (exact) mass is 391 g/mol. The molecule has 152 valence electrons. The number of carbonyl (C=O) groups excluding carboxylic acids is 1. The second-order valence-corrected chi connectivity index (χ2v) is 7.60. The average molecular weight is 392 g/mol. The van der Waals surface area contributed by atoms with Crippen molar-refractivity contribution in [2.45, 2.75) is 32.7 Å². The Hall–Kier alpha value is -3.01. The van der Waals surface area contributed by atoms with E-state index in [1.807, 2.05) is 47.4 Å². The lowest BCUT2D eigenvalue weighted by Gasteiger charge is -2.27. The van der Waals surface area contributed by atoms with Crippen molar-refractivity contribution in [3.05, 3.63) is 89.9 Å². The topological polar surface area (TPSA) is 42.7 Å². The molecule has 4 nitrogen and oxygen atoms in total. The van der Waals surface area contributed by atoms with E-state index in [0.29, 0.717) is 30.7 Å². The van der Waals surface area contributed by atoms with Gasteiger partial charge < -0.3 is 14.1 Å². The van der Waals surface area contributed by atoms with Crippen LogP contribution in [-0.2, 0) is 6.54 Å². The van der Waals surface area contributed by atoms with E-state index in [1.165, 1.54) is 5.56 Å². The Balaban J connectivity index is 1.76. The molecule has 1 atom stereocenters. The summed E-state index contributed by atoms with van der Waals surface area (Å²) in [6.45, 7) is 5.67. The molecule has 0 aliphatic heterocycles. The molecule has 0 spiro atoms. The third kappa shape index (κ3) is 5.50. The molecule has 0 bridgehead atoms. The van der Waals surface area contributed by atoms with Crippen LogP contribution in [0.25, 0.3) is 0 Å². The maximum absolute atomic E-state index is 13.0. The Labute approximate surface area is 173 Å². The maximum Gasteiger partial charge on any atom is 0.289 e. The molecule has 3 aromatic rings. The second kappa shape index (κ2) is 9.97. The molecule has 0 aliphatic carbocycles. The first-order chi connectivity index (χ1) is 14.1. The molecule has 3 rings (SSSR count). The summed E-state index contributed by atoms with van der Waals surface area (Å²) < 4.78 is 10.7. The molecule has 0 N–H and O–H groups in total. The fourth-order valence-electron chi connectivity index (χ4n) is 3.64. The lowest BCUT2D eigenvalue weighted by atomic mass is 9.85. The van der Waals surface area contributed by atoms with Crippen LogP contribution in [0.3, 0.4) is 0 Å². The van der Waals surface area contributed by atoms with Crippen LogP contribution >= 0.6 is 0 Å². The first kappa shape index (κ1) is 20.7. The van der Waals surface area contributed by atoms with Gasteiger partial charge in [-0.3, -0.25) is 4.79 Å². The lowest BCUT2D eigenvalue weighted by molar-refractivity contribution is 0.0702. The van der Waals surface area contributed by atoms with E-state index in [1.54, 1.807) is 25.5 Å². The highest BCUT2D eigenvalue weighted by molar-refractivity contribution is 5.91. The van der Waals surface area contributed by atoms with Gasteiger partial charge in [-0.1, -0.05) is 56.3 Å². The van der Waals surface area contributed by atoms with E-state index in [9.17, 15) is 4.79 Å². The molecule has 0 fully saturated rings. The average Bonchev–Trinajstić information content (AvgIpc) is 3.28. The molecule has 0 unspecified atom stereocenters. The minimum atomic E-state index is -0.0731. The Morgan fingerprint density at radius 3 is 2.31 bits per heavy atom. The molecule has 1 amide bonds. The molecule has 1 heterocycles. The van der Waals surface area contributed by atoms with Crippen LogP contribution < -0.4 is 4.74 Å². The van der Waals surface area contributed by atoms with Crippen molar-refractivity contribution in [1.29, 1.82) is 0 Å². The number of hydrogen-bond acceptors (Lipinski definition) is 3. The van der Waals surface area contributed by atoms with E-state index >= 15 is 0 Å². The summed E-state index contributed by atoms with van der Waals surface area (Å²) in [7, 11) is 1.68. The van der Waals surface area contributed by atoms with Gasteiger partial charge in [0.05, 0.1) is 13.4 Å². The van der Waals surface area contributed by atoms with Crippen LogP contribution in [0.4, 0.5) is 0 Å². The van der Waals surface area contributed by atoms with Crippen molar-refractivity contribution in [1.82, 2.24) is 4.90 Å². The zero-order valence-electron chi connectivity index (χ0n) is 17.4. The van der Waals surface area contributed by atoms with Gasteiger partial charge in [0.15, 0.2) is 5.76 Å². The van der Waals surface area contributed by atoms with Crippen LogP contribution in [0.5, 0.6) is 5.75 Å². The van der Waals surface area contributed by atoms with Crippen LogP contribution in [0.15, 0.2) is 77.4 Å². The minimum absolute atomic E-state index is 0.0731. The molecule has 0 saturated carbocycles. The molecule has 0 saturated heterocycles. The third-order valence-corrected chi connectivity index (χ3v) is 5.29. The number of amides is 1. The predicted molar refractivity (Wildman–Crippen MR) is 115 cm³/mol. The number of hydrogen-bond donors (Lipinski definition) is 0. The number of benzene rings is 2. The van der Waals surface area contributed by atoms with Gasteiger partial charge in [-0.15, -0.1) is 0 Å². The van der Waals surface area contributed by atoms with Crippen LogP contribution in [-0.4, -0.2) is 24.5 Å². The molecule has 1 aromatic heterocycles.